The maximum absolute atomic E-state index is 11.9. The summed E-state index contributed by atoms with van der Waals surface area (Å²) in [5.74, 6) is 1.10. The molecule has 2 amide bonds. The molecule has 7 nitrogen and oxygen atoms in total. The minimum absolute atomic E-state index is 0.204. The first-order valence-corrected chi connectivity index (χ1v) is 9.24. The third-order valence-electron chi connectivity index (χ3n) is 4.67. The van der Waals surface area contributed by atoms with Crippen molar-refractivity contribution in [1.82, 2.24) is 5.32 Å². The van der Waals surface area contributed by atoms with Crippen molar-refractivity contribution < 1.29 is 24.2 Å². The number of hydrogen-bond donors (Lipinski definition) is 2. The van der Waals surface area contributed by atoms with Crippen molar-refractivity contribution in [2.45, 2.75) is 12.8 Å². The van der Waals surface area contributed by atoms with Crippen molar-refractivity contribution in [3.8, 4) is 11.5 Å². The van der Waals surface area contributed by atoms with Crippen molar-refractivity contribution >= 4 is 34.7 Å². The number of nitrogens with one attached hydrogen (secondary N) is 1. The van der Waals surface area contributed by atoms with Crippen LogP contribution in [0.5, 0.6) is 11.5 Å². The van der Waals surface area contributed by atoms with Gasteiger partial charge in [-0.2, -0.15) is 0 Å². The number of hydrogen-bond acceptors (Lipinski definition) is 7. The first kappa shape index (κ1) is 18.6. The second-order valence-corrected chi connectivity index (χ2v) is 7.25. The van der Waals surface area contributed by atoms with E-state index in [0.29, 0.717) is 22.3 Å². The molecule has 8 heteroatoms. The normalized spacial score (nSPS) is 19.8. The van der Waals surface area contributed by atoms with E-state index in [0.717, 1.165) is 48.9 Å². The molecule has 0 saturated carbocycles. The van der Waals surface area contributed by atoms with E-state index in [1.807, 2.05) is 12.1 Å². The molecule has 2 fully saturated rings. The summed E-state index contributed by atoms with van der Waals surface area (Å²) in [4.78, 5) is 25.9. The zero-order valence-electron chi connectivity index (χ0n) is 14.8. The molecule has 1 aromatic rings. The van der Waals surface area contributed by atoms with Gasteiger partial charge in [-0.25, -0.2) is 0 Å². The van der Waals surface area contributed by atoms with Crippen LogP contribution in [-0.4, -0.2) is 50.2 Å². The van der Waals surface area contributed by atoms with E-state index in [2.05, 4.69) is 10.2 Å². The minimum Gasteiger partial charge on any atom is -0.493 e. The highest BCUT2D eigenvalue weighted by molar-refractivity contribution is 8.18. The van der Waals surface area contributed by atoms with E-state index in [4.69, 9.17) is 9.47 Å². The Labute approximate surface area is 156 Å². The second kappa shape index (κ2) is 8.01. The maximum Gasteiger partial charge on any atom is 0.290 e. The smallest absolute Gasteiger partial charge is 0.290 e. The van der Waals surface area contributed by atoms with Crippen molar-refractivity contribution in [3.05, 3.63) is 22.6 Å². The van der Waals surface area contributed by atoms with Gasteiger partial charge in [-0.3, -0.25) is 14.9 Å². The number of aliphatic hydroxyl groups excluding tert-OH is 1. The minimum atomic E-state index is -0.389. The predicted molar refractivity (Wildman–Crippen MR) is 101 cm³/mol. The Balaban J connectivity index is 2.00. The summed E-state index contributed by atoms with van der Waals surface area (Å²) in [6.07, 6.45) is 3.50. The SMILES string of the molecule is COc1cc(C=C2SC(=O)NC2=O)c(N2CCC(CO)CC2)cc1OC. The van der Waals surface area contributed by atoms with E-state index >= 15 is 0 Å². The van der Waals surface area contributed by atoms with Crippen LogP contribution in [0.1, 0.15) is 18.4 Å². The summed E-state index contributed by atoms with van der Waals surface area (Å²) in [5.41, 5.74) is 1.71. The molecule has 2 aliphatic rings. The molecule has 2 saturated heterocycles. The van der Waals surface area contributed by atoms with E-state index in [1.165, 1.54) is 0 Å². The number of carbonyl (C=O) groups is 2. The van der Waals surface area contributed by atoms with E-state index < -0.39 is 0 Å². The van der Waals surface area contributed by atoms with Crippen LogP contribution in [0.4, 0.5) is 10.5 Å². The standard InChI is InChI=1S/C18H22N2O5S/c1-24-14-7-12(8-16-17(22)19-18(23)26-16)13(9-15(14)25-2)20-5-3-11(10-21)4-6-20/h7-9,11,21H,3-6,10H2,1-2H3,(H,19,22,23). The van der Waals surface area contributed by atoms with E-state index in [-0.39, 0.29) is 17.8 Å². The van der Waals surface area contributed by atoms with E-state index in [1.54, 1.807) is 20.3 Å². The van der Waals surface area contributed by atoms with Gasteiger partial charge < -0.3 is 19.5 Å². The monoisotopic (exact) mass is 378 g/mol. The Morgan fingerprint density at radius 2 is 1.88 bits per heavy atom. The van der Waals surface area contributed by atoms with Gasteiger partial charge in [-0.1, -0.05) is 0 Å². The molecule has 2 aliphatic heterocycles. The Bertz CT molecular complexity index is 741. The van der Waals surface area contributed by atoms with Gasteiger partial charge in [-0.15, -0.1) is 0 Å². The van der Waals surface area contributed by atoms with Crippen LogP contribution in [0.15, 0.2) is 17.0 Å². The average Bonchev–Trinajstić information content (AvgIpc) is 2.98. The molecule has 26 heavy (non-hydrogen) atoms. The lowest BCUT2D eigenvalue weighted by Gasteiger charge is -2.34. The van der Waals surface area contributed by atoms with Gasteiger partial charge in [0.15, 0.2) is 11.5 Å². The molecule has 0 aromatic heterocycles. The molecule has 0 spiro atoms. The topological polar surface area (TPSA) is 88.1 Å². The lowest BCUT2D eigenvalue weighted by molar-refractivity contribution is -0.115. The fourth-order valence-electron chi connectivity index (χ4n) is 3.19. The van der Waals surface area contributed by atoms with Crippen LogP contribution < -0.4 is 19.7 Å². The summed E-state index contributed by atoms with van der Waals surface area (Å²) in [7, 11) is 3.14. The average molecular weight is 378 g/mol. The zero-order valence-corrected chi connectivity index (χ0v) is 15.6. The fraction of sp³-hybridized carbons (Fsp3) is 0.444. The Morgan fingerprint density at radius 1 is 1.23 bits per heavy atom. The molecule has 3 rings (SSSR count). The predicted octanol–water partition coefficient (Wildman–Crippen LogP) is 2.24. The van der Waals surface area contributed by atoms with Crippen LogP contribution in [0, 0.1) is 5.92 Å². The van der Waals surface area contributed by atoms with Crippen LogP contribution in [-0.2, 0) is 4.79 Å². The summed E-state index contributed by atoms with van der Waals surface area (Å²) in [6.45, 7) is 1.81. The number of nitrogens with zero attached hydrogens (tertiary/aromatic N) is 1. The van der Waals surface area contributed by atoms with Crippen molar-refractivity contribution in [2.24, 2.45) is 5.92 Å². The number of amides is 2. The van der Waals surface area contributed by atoms with Crippen molar-refractivity contribution in [3.63, 3.8) is 0 Å². The first-order valence-electron chi connectivity index (χ1n) is 8.42. The third kappa shape index (κ3) is 3.81. The van der Waals surface area contributed by atoms with Crippen molar-refractivity contribution in [1.29, 1.82) is 0 Å². The number of imide groups is 1. The van der Waals surface area contributed by atoms with Gasteiger partial charge in [0.25, 0.3) is 11.1 Å². The number of aliphatic hydroxyl groups is 1. The molecule has 0 radical (unpaired) electrons. The van der Waals surface area contributed by atoms with Crippen molar-refractivity contribution in [2.75, 3.05) is 38.8 Å². The highest BCUT2D eigenvalue weighted by atomic mass is 32.2. The number of piperidine rings is 1. The number of carbonyl (C=O) groups excluding carboxylic acids is 2. The van der Waals surface area contributed by atoms with Gasteiger partial charge >= 0.3 is 0 Å². The van der Waals surface area contributed by atoms with Crippen LogP contribution >= 0.6 is 11.8 Å². The van der Waals surface area contributed by atoms with Gasteiger partial charge in [0, 0.05) is 37.0 Å². The second-order valence-electron chi connectivity index (χ2n) is 6.23. The highest BCUT2D eigenvalue weighted by Crippen LogP contribution is 2.39. The van der Waals surface area contributed by atoms with E-state index in [9.17, 15) is 14.7 Å². The number of anilines is 1. The van der Waals surface area contributed by atoms with Crippen LogP contribution in [0.25, 0.3) is 6.08 Å². The van der Waals surface area contributed by atoms with Crippen LogP contribution in [0.3, 0.4) is 0 Å². The summed E-state index contributed by atoms with van der Waals surface area (Å²) < 4.78 is 10.8. The number of benzene rings is 1. The molecule has 0 atom stereocenters. The van der Waals surface area contributed by atoms with Gasteiger partial charge in [-0.05, 0) is 42.7 Å². The zero-order chi connectivity index (χ0) is 18.7. The number of rotatable bonds is 5. The number of thioether (sulfide) groups is 1. The van der Waals surface area contributed by atoms with Gasteiger partial charge in [0.1, 0.15) is 0 Å². The largest absolute Gasteiger partial charge is 0.493 e. The number of methoxy groups -OCH3 is 2. The molecule has 1 aromatic carbocycles. The summed E-state index contributed by atoms with van der Waals surface area (Å²) in [6, 6.07) is 3.71. The summed E-state index contributed by atoms with van der Waals surface area (Å²) >= 11 is 0.889. The highest BCUT2D eigenvalue weighted by Gasteiger charge is 2.27. The molecule has 0 aliphatic carbocycles. The molecule has 0 bridgehead atoms. The first-order chi connectivity index (χ1) is 12.5. The molecule has 2 heterocycles. The quantitative estimate of drug-likeness (QED) is 0.760. The fourth-order valence-corrected chi connectivity index (χ4v) is 3.87. The molecule has 2 N–H and O–H groups in total. The Kier molecular flexibility index (Phi) is 5.73. The molecule has 140 valence electrons. The maximum atomic E-state index is 11.9. The molecular weight excluding hydrogens is 356 g/mol. The Hall–Kier alpha value is -2.19. The third-order valence-corrected chi connectivity index (χ3v) is 5.49. The van der Waals surface area contributed by atoms with Crippen LogP contribution in [0.2, 0.25) is 0 Å². The molecular formula is C18H22N2O5S. The lowest BCUT2D eigenvalue weighted by Crippen LogP contribution is -2.35. The number of ether oxygens (including phenoxy) is 2. The lowest BCUT2D eigenvalue weighted by atomic mass is 9.96. The Morgan fingerprint density at radius 3 is 2.42 bits per heavy atom. The van der Waals surface area contributed by atoms with Gasteiger partial charge in [0.2, 0.25) is 0 Å². The van der Waals surface area contributed by atoms with Gasteiger partial charge in [0.05, 0.1) is 19.1 Å². The molecule has 0 unspecified atom stereocenters. The summed E-state index contributed by atoms with van der Waals surface area (Å²) in [5, 5.41) is 11.3.